The zero-order valence-electron chi connectivity index (χ0n) is 10.6. The third kappa shape index (κ3) is 2.53. The summed E-state index contributed by atoms with van der Waals surface area (Å²) in [6.45, 7) is 3.15. The molecule has 3 nitrogen and oxygen atoms in total. The molecule has 0 aliphatic heterocycles. The van der Waals surface area contributed by atoms with Crippen molar-refractivity contribution in [3.05, 3.63) is 35.6 Å². The molecule has 0 radical (unpaired) electrons. The second-order valence-electron chi connectivity index (χ2n) is 5.14. The number of halogens is 1. The average molecular weight is 250 g/mol. The highest BCUT2D eigenvalue weighted by Gasteiger charge is 2.51. The van der Waals surface area contributed by atoms with Crippen LogP contribution in [-0.2, 0) is 10.2 Å². The predicted octanol–water partition coefficient (Wildman–Crippen LogP) is 1.57. The number of nitrogens with two attached hydrogens (primary N) is 1. The molecule has 0 aromatic heterocycles. The molecule has 18 heavy (non-hydrogen) atoms. The Morgan fingerprint density at radius 3 is 2.56 bits per heavy atom. The largest absolute Gasteiger partial charge is 0.355 e. The molecule has 1 aromatic rings. The monoisotopic (exact) mass is 250 g/mol. The van der Waals surface area contributed by atoms with E-state index in [-0.39, 0.29) is 17.6 Å². The lowest BCUT2D eigenvalue weighted by atomic mass is 9.95. The van der Waals surface area contributed by atoms with E-state index in [0.29, 0.717) is 13.1 Å². The van der Waals surface area contributed by atoms with Gasteiger partial charge in [0.25, 0.3) is 0 Å². The molecule has 2 rings (SSSR count). The molecule has 0 saturated heterocycles. The number of carbonyl (C=O) groups excluding carboxylic acids is 1. The summed E-state index contributed by atoms with van der Waals surface area (Å²) in [6, 6.07) is 6.22. The van der Waals surface area contributed by atoms with Crippen molar-refractivity contribution in [2.45, 2.75) is 25.2 Å². The third-order valence-electron chi connectivity index (χ3n) is 3.59. The van der Waals surface area contributed by atoms with Gasteiger partial charge in [-0.1, -0.05) is 19.1 Å². The molecule has 1 unspecified atom stereocenters. The lowest BCUT2D eigenvalue weighted by Crippen LogP contribution is -2.38. The van der Waals surface area contributed by atoms with Gasteiger partial charge in [0.15, 0.2) is 0 Å². The molecule has 98 valence electrons. The summed E-state index contributed by atoms with van der Waals surface area (Å²) in [5.41, 5.74) is 5.99. The van der Waals surface area contributed by atoms with Crippen LogP contribution in [0.15, 0.2) is 24.3 Å². The highest BCUT2D eigenvalue weighted by molar-refractivity contribution is 5.91. The quantitative estimate of drug-likeness (QED) is 0.833. The molecule has 4 heteroatoms. The zero-order chi connectivity index (χ0) is 13.2. The van der Waals surface area contributed by atoms with Gasteiger partial charge in [0.2, 0.25) is 5.91 Å². The lowest BCUT2D eigenvalue weighted by Gasteiger charge is -2.17. The molecule has 0 spiro atoms. The van der Waals surface area contributed by atoms with Gasteiger partial charge in [-0.2, -0.15) is 0 Å². The van der Waals surface area contributed by atoms with Crippen LogP contribution in [0.2, 0.25) is 0 Å². The van der Waals surface area contributed by atoms with Crippen molar-refractivity contribution in [2.75, 3.05) is 13.1 Å². The molecular weight excluding hydrogens is 231 g/mol. The van der Waals surface area contributed by atoms with E-state index in [1.165, 1.54) is 12.1 Å². The average Bonchev–Trinajstić information content (AvgIpc) is 3.17. The van der Waals surface area contributed by atoms with Crippen LogP contribution in [0.1, 0.15) is 25.3 Å². The second kappa shape index (κ2) is 5.06. The van der Waals surface area contributed by atoms with Crippen LogP contribution >= 0.6 is 0 Å². The maximum Gasteiger partial charge on any atom is 0.230 e. The Morgan fingerprint density at radius 1 is 1.44 bits per heavy atom. The fourth-order valence-corrected chi connectivity index (χ4v) is 2.06. The Bertz CT molecular complexity index is 426. The third-order valence-corrected chi connectivity index (χ3v) is 3.59. The predicted molar refractivity (Wildman–Crippen MR) is 68.5 cm³/mol. The van der Waals surface area contributed by atoms with Crippen LogP contribution in [0.4, 0.5) is 4.39 Å². The Kier molecular flexibility index (Phi) is 3.66. The normalized spacial score (nSPS) is 18.2. The molecule has 0 heterocycles. The Morgan fingerprint density at radius 2 is 2.06 bits per heavy atom. The standard InChI is InChI=1S/C14H19FN2O/c1-10(8-16)9-17-13(18)14(6-7-14)11-2-4-12(15)5-3-11/h2-5,10H,6-9,16H2,1H3,(H,17,18). The van der Waals surface area contributed by atoms with Crippen molar-refractivity contribution >= 4 is 5.91 Å². The lowest BCUT2D eigenvalue weighted by molar-refractivity contribution is -0.123. The highest BCUT2D eigenvalue weighted by atomic mass is 19.1. The van der Waals surface area contributed by atoms with Crippen molar-refractivity contribution in [1.82, 2.24) is 5.32 Å². The number of hydrogen-bond donors (Lipinski definition) is 2. The fraction of sp³-hybridized carbons (Fsp3) is 0.500. The van der Waals surface area contributed by atoms with Crippen LogP contribution in [0.5, 0.6) is 0 Å². The van der Waals surface area contributed by atoms with Crippen LogP contribution in [0, 0.1) is 11.7 Å². The van der Waals surface area contributed by atoms with Crippen molar-refractivity contribution in [3.8, 4) is 0 Å². The van der Waals surface area contributed by atoms with Gasteiger partial charge in [-0.3, -0.25) is 4.79 Å². The first kappa shape index (κ1) is 13.0. The molecule has 1 aliphatic rings. The summed E-state index contributed by atoms with van der Waals surface area (Å²) < 4.78 is 12.9. The SMILES string of the molecule is CC(CN)CNC(=O)C1(c2ccc(F)cc2)CC1. The summed E-state index contributed by atoms with van der Waals surface area (Å²) in [7, 11) is 0. The van der Waals surface area contributed by atoms with Gasteiger partial charge in [0.1, 0.15) is 5.82 Å². The van der Waals surface area contributed by atoms with E-state index in [4.69, 9.17) is 5.73 Å². The molecule has 1 saturated carbocycles. The second-order valence-corrected chi connectivity index (χ2v) is 5.14. The Balaban J connectivity index is 2.03. The van der Waals surface area contributed by atoms with Crippen LogP contribution in [0.3, 0.4) is 0 Å². The zero-order valence-corrected chi connectivity index (χ0v) is 10.6. The molecule has 1 atom stereocenters. The molecule has 1 aliphatic carbocycles. The van der Waals surface area contributed by atoms with Gasteiger partial charge >= 0.3 is 0 Å². The topological polar surface area (TPSA) is 55.1 Å². The van der Waals surface area contributed by atoms with Crippen molar-refractivity contribution in [3.63, 3.8) is 0 Å². The molecule has 1 aromatic carbocycles. The van der Waals surface area contributed by atoms with E-state index in [2.05, 4.69) is 5.32 Å². The molecular formula is C14H19FN2O. The maximum atomic E-state index is 12.9. The summed E-state index contributed by atoms with van der Waals surface area (Å²) in [5, 5.41) is 2.94. The minimum atomic E-state index is -0.429. The van der Waals surface area contributed by atoms with Crippen LogP contribution < -0.4 is 11.1 Å². The van der Waals surface area contributed by atoms with Gasteiger partial charge < -0.3 is 11.1 Å². The minimum absolute atomic E-state index is 0.0365. The number of hydrogen-bond acceptors (Lipinski definition) is 2. The number of benzene rings is 1. The van der Waals surface area contributed by atoms with Crippen molar-refractivity contribution < 1.29 is 9.18 Å². The Labute approximate surface area is 107 Å². The molecule has 1 fully saturated rings. The van der Waals surface area contributed by atoms with Crippen LogP contribution in [0.25, 0.3) is 0 Å². The van der Waals surface area contributed by atoms with Crippen LogP contribution in [-0.4, -0.2) is 19.0 Å². The van der Waals surface area contributed by atoms with Gasteiger partial charge in [0.05, 0.1) is 5.41 Å². The van der Waals surface area contributed by atoms with Gasteiger partial charge in [0, 0.05) is 6.54 Å². The number of rotatable bonds is 5. The van der Waals surface area contributed by atoms with Gasteiger partial charge in [-0.25, -0.2) is 4.39 Å². The van der Waals surface area contributed by atoms with E-state index in [1.807, 2.05) is 6.92 Å². The fourth-order valence-electron chi connectivity index (χ4n) is 2.06. The molecule has 1 amide bonds. The first-order valence-corrected chi connectivity index (χ1v) is 6.33. The number of amides is 1. The van der Waals surface area contributed by atoms with E-state index in [9.17, 15) is 9.18 Å². The minimum Gasteiger partial charge on any atom is -0.355 e. The van der Waals surface area contributed by atoms with E-state index < -0.39 is 5.41 Å². The highest BCUT2D eigenvalue weighted by Crippen LogP contribution is 2.48. The maximum absolute atomic E-state index is 12.9. The Hall–Kier alpha value is -1.42. The van der Waals surface area contributed by atoms with Gasteiger partial charge in [-0.15, -0.1) is 0 Å². The van der Waals surface area contributed by atoms with E-state index in [0.717, 1.165) is 18.4 Å². The molecule has 3 N–H and O–H groups in total. The molecule has 0 bridgehead atoms. The van der Waals surface area contributed by atoms with E-state index >= 15 is 0 Å². The summed E-state index contributed by atoms with van der Waals surface area (Å²) in [6.07, 6.45) is 1.67. The first-order valence-electron chi connectivity index (χ1n) is 6.33. The van der Waals surface area contributed by atoms with E-state index in [1.54, 1.807) is 12.1 Å². The summed E-state index contributed by atoms with van der Waals surface area (Å²) in [5.74, 6) is 0.0408. The smallest absolute Gasteiger partial charge is 0.230 e. The van der Waals surface area contributed by atoms with Gasteiger partial charge in [-0.05, 0) is 43.0 Å². The number of carbonyl (C=O) groups is 1. The number of nitrogens with one attached hydrogen (secondary N) is 1. The van der Waals surface area contributed by atoms with Crippen molar-refractivity contribution in [2.24, 2.45) is 11.7 Å². The van der Waals surface area contributed by atoms with Crippen molar-refractivity contribution in [1.29, 1.82) is 0 Å². The summed E-state index contributed by atoms with van der Waals surface area (Å²) >= 11 is 0. The first-order chi connectivity index (χ1) is 8.58. The summed E-state index contributed by atoms with van der Waals surface area (Å²) in [4.78, 5) is 12.2.